The first-order chi connectivity index (χ1) is 14.9. The van der Waals surface area contributed by atoms with E-state index in [1.165, 1.54) is 28.5 Å². The standard InChI is InChI=1S/C24H28N4O2S/c1-6-11-28-22(14-30-21-10-8-17(3)19(5)13-21)26-27-24(28)31-15-23(29)25-20-9-7-16(2)18(4)12-20/h6-10,12-13H,1,11,14-15H2,2-5H3,(H,25,29). The SMILES string of the molecule is C=CCn1c(COc2ccc(C)c(C)c2)nnc1SCC(=O)Nc1ccc(C)c(C)c1. The monoisotopic (exact) mass is 436 g/mol. The molecule has 0 radical (unpaired) electrons. The Bertz CT molecular complexity index is 1090. The number of allylic oxidation sites excluding steroid dienone is 1. The van der Waals surface area contributed by atoms with Gasteiger partial charge in [-0.05, 0) is 74.2 Å². The minimum Gasteiger partial charge on any atom is -0.486 e. The van der Waals surface area contributed by atoms with Gasteiger partial charge in [0.15, 0.2) is 11.0 Å². The Morgan fingerprint density at radius 3 is 2.45 bits per heavy atom. The molecule has 2 aromatic carbocycles. The van der Waals surface area contributed by atoms with E-state index in [9.17, 15) is 4.79 Å². The van der Waals surface area contributed by atoms with Crippen molar-refractivity contribution < 1.29 is 9.53 Å². The van der Waals surface area contributed by atoms with Gasteiger partial charge in [-0.25, -0.2) is 0 Å². The molecule has 31 heavy (non-hydrogen) atoms. The summed E-state index contributed by atoms with van der Waals surface area (Å²) in [6, 6.07) is 11.9. The van der Waals surface area contributed by atoms with Crippen molar-refractivity contribution in [1.29, 1.82) is 0 Å². The van der Waals surface area contributed by atoms with E-state index in [1.54, 1.807) is 6.08 Å². The second kappa shape index (κ2) is 10.3. The highest BCUT2D eigenvalue weighted by atomic mass is 32.2. The third kappa shape index (κ3) is 5.98. The zero-order chi connectivity index (χ0) is 22.4. The number of amides is 1. The van der Waals surface area contributed by atoms with Gasteiger partial charge in [0.25, 0.3) is 0 Å². The normalized spacial score (nSPS) is 10.7. The summed E-state index contributed by atoms with van der Waals surface area (Å²) in [5, 5.41) is 12.1. The highest BCUT2D eigenvalue weighted by Gasteiger charge is 2.14. The fourth-order valence-electron chi connectivity index (χ4n) is 2.94. The predicted molar refractivity (Wildman–Crippen MR) is 126 cm³/mol. The molecule has 0 aliphatic heterocycles. The summed E-state index contributed by atoms with van der Waals surface area (Å²) in [6.07, 6.45) is 1.78. The third-order valence-corrected chi connectivity index (χ3v) is 6.04. The molecule has 0 spiro atoms. The van der Waals surface area contributed by atoms with E-state index in [1.807, 2.05) is 54.8 Å². The number of aromatic nitrogens is 3. The average molecular weight is 437 g/mol. The second-order valence-corrected chi connectivity index (χ2v) is 8.41. The summed E-state index contributed by atoms with van der Waals surface area (Å²) in [7, 11) is 0. The van der Waals surface area contributed by atoms with Crippen LogP contribution in [0.25, 0.3) is 0 Å². The lowest BCUT2D eigenvalue weighted by molar-refractivity contribution is -0.113. The van der Waals surface area contributed by atoms with Crippen LogP contribution in [0, 0.1) is 27.7 Å². The molecule has 0 saturated carbocycles. The number of hydrogen-bond donors (Lipinski definition) is 1. The van der Waals surface area contributed by atoms with Crippen LogP contribution in [0.5, 0.6) is 5.75 Å². The molecule has 0 atom stereocenters. The molecule has 1 aromatic heterocycles. The van der Waals surface area contributed by atoms with Gasteiger partial charge in [0.05, 0.1) is 5.75 Å². The van der Waals surface area contributed by atoms with E-state index in [4.69, 9.17) is 4.74 Å². The number of anilines is 1. The fraction of sp³-hybridized carbons (Fsp3) is 0.292. The smallest absolute Gasteiger partial charge is 0.234 e. The Kier molecular flexibility index (Phi) is 7.52. The topological polar surface area (TPSA) is 69.0 Å². The van der Waals surface area contributed by atoms with Crippen molar-refractivity contribution in [2.24, 2.45) is 0 Å². The molecule has 0 aliphatic rings. The van der Waals surface area contributed by atoms with Crippen molar-refractivity contribution in [3.05, 3.63) is 77.1 Å². The Morgan fingerprint density at radius 2 is 1.77 bits per heavy atom. The maximum Gasteiger partial charge on any atom is 0.234 e. The van der Waals surface area contributed by atoms with Gasteiger partial charge < -0.3 is 10.1 Å². The molecular formula is C24H28N4O2S. The van der Waals surface area contributed by atoms with Crippen molar-refractivity contribution in [3.8, 4) is 5.75 Å². The van der Waals surface area contributed by atoms with Crippen LogP contribution in [0.3, 0.4) is 0 Å². The fourth-order valence-corrected chi connectivity index (χ4v) is 3.71. The van der Waals surface area contributed by atoms with E-state index in [2.05, 4.69) is 35.9 Å². The van der Waals surface area contributed by atoms with Crippen LogP contribution in [0.15, 0.2) is 54.2 Å². The van der Waals surface area contributed by atoms with E-state index >= 15 is 0 Å². The van der Waals surface area contributed by atoms with E-state index in [0.717, 1.165) is 17.0 Å². The van der Waals surface area contributed by atoms with Crippen molar-refractivity contribution in [3.63, 3.8) is 0 Å². The summed E-state index contributed by atoms with van der Waals surface area (Å²) in [6.45, 7) is 12.8. The maximum atomic E-state index is 12.4. The van der Waals surface area contributed by atoms with Gasteiger partial charge in [0, 0.05) is 12.2 Å². The lowest BCUT2D eigenvalue weighted by Crippen LogP contribution is -2.15. The highest BCUT2D eigenvalue weighted by molar-refractivity contribution is 7.99. The molecule has 3 aromatic rings. The maximum absolute atomic E-state index is 12.4. The number of carbonyl (C=O) groups excluding carboxylic acids is 1. The molecule has 1 N–H and O–H groups in total. The quantitative estimate of drug-likeness (QED) is 0.377. The molecule has 0 aliphatic carbocycles. The molecule has 0 fully saturated rings. The van der Waals surface area contributed by atoms with E-state index in [0.29, 0.717) is 24.1 Å². The number of hydrogen-bond acceptors (Lipinski definition) is 5. The van der Waals surface area contributed by atoms with Crippen LogP contribution < -0.4 is 10.1 Å². The van der Waals surface area contributed by atoms with Crippen LogP contribution in [-0.2, 0) is 17.9 Å². The Labute approximate surface area is 187 Å². The summed E-state index contributed by atoms with van der Waals surface area (Å²) in [5.41, 5.74) is 5.53. The first-order valence-electron chi connectivity index (χ1n) is 10.1. The minimum absolute atomic E-state index is 0.0886. The molecule has 7 heteroatoms. The van der Waals surface area contributed by atoms with Crippen LogP contribution in [0.2, 0.25) is 0 Å². The summed E-state index contributed by atoms with van der Waals surface area (Å²) >= 11 is 1.34. The van der Waals surface area contributed by atoms with Gasteiger partial charge in [-0.2, -0.15) is 0 Å². The van der Waals surface area contributed by atoms with Crippen LogP contribution in [0.1, 0.15) is 28.1 Å². The molecule has 0 saturated heterocycles. The van der Waals surface area contributed by atoms with Gasteiger partial charge in [-0.1, -0.05) is 30.0 Å². The summed E-state index contributed by atoms with van der Waals surface area (Å²) in [4.78, 5) is 12.4. The molecule has 0 unspecified atom stereocenters. The van der Waals surface area contributed by atoms with Gasteiger partial charge in [0.2, 0.25) is 5.91 Å². The van der Waals surface area contributed by atoms with E-state index < -0.39 is 0 Å². The summed E-state index contributed by atoms with van der Waals surface area (Å²) in [5.74, 6) is 1.63. The summed E-state index contributed by atoms with van der Waals surface area (Å²) < 4.78 is 7.83. The predicted octanol–water partition coefficient (Wildman–Crippen LogP) is 5.01. The van der Waals surface area contributed by atoms with Gasteiger partial charge in [0.1, 0.15) is 12.4 Å². The van der Waals surface area contributed by atoms with Crippen molar-refractivity contribution >= 4 is 23.4 Å². The molecular weight excluding hydrogens is 408 g/mol. The average Bonchev–Trinajstić information content (AvgIpc) is 3.12. The Hall–Kier alpha value is -3.06. The molecule has 1 heterocycles. The van der Waals surface area contributed by atoms with Crippen LogP contribution in [0.4, 0.5) is 5.69 Å². The lowest BCUT2D eigenvalue weighted by Gasteiger charge is -2.10. The lowest BCUT2D eigenvalue weighted by atomic mass is 10.1. The number of benzene rings is 2. The second-order valence-electron chi connectivity index (χ2n) is 7.47. The number of nitrogens with one attached hydrogen (secondary N) is 1. The highest BCUT2D eigenvalue weighted by Crippen LogP contribution is 2.21. The molecule has 6 nitrogen and oxygen atoms in total. The van der Waals surface area contributed by atoms with Crippen molar-refractivity contribution in [2.45, 2.75) is 46.0 Å². The largest absolute Gasteiger partial charge is 0.486 e. The third-order valence-electron chi connectivity index (χ3n) is 5.07. The molecule has 162 valence electrons. The van der Waals surface area contributed by atoms with Crippen molar-refractivity contribution in [2.75, 3.05) is 11.1 Å². The zero-order valence-corrected chi connectivity index (χ0v) is 19.3. The molecule has 0 bridgehead atoms. The minimum atomic E-state index is -0.0886. The number of aryl methyl sites for hydroxylation is 4. The zero-order valence-electron chi connectivity index (χ0n) is 18.4. The molecule has 1 amide bonds. The number of thioether (sulfide) groups is 1. The van der Waals surface area contributed by atoms with Crippen LogP contribution in [-0.4, -0.2) is 26.4 Å². The van der Waals surface area contributed by atoms with Gasteiger partial charge in [-0.15, -0.1) is 16.8 Å². The van der Waals surface area contributed by atoms with Crippen LogP contribution >= 0.6 is 11.8 Å². The van der Waals surface area contributed by atoms with Crippen molar-refractivity contribution in [1.82, 2.24) is 14.8 Å². The number of rotatable bonds is 9. The van der Waals surface area contributed by atoms with Gasteiger partial charge in [-0.3, -0.25) is 9.36 Å². The number of carbonyl (C=O) groups is 1. The Morgan fingerprint density at radius 1 is 1.06 bits per heavy atom. The van der Waals surface area contributed by atoms with Gasteiger partial charge >= 0.3 is 0 Å². The molecule has 3 rings (SSSR count). The Balaban J connectivity index is 1.62. The first-order valence-corrected chi connectivity index (χ1v) is 11.1. The van der Waals surface area contributed by atoms with E-state index in [-0.39, 0.29) is 11.7 Å². The first kappa shape index (κ1) is 22.6. The number of ether oxygens (including phenoxy) is 1. The number of nitrogens with zero attached hydrogens (tertiary/aromatic N) is 3.